The first kappa shape index (κ1) is 13.2. The van der Waals surface area contributed by atoms with E-state index in [1.165, 1.54) is 25.0 Å². The second-order valence-electron chi connectivity index (χ2n) is 4.90. The molecule has 1 aromatic rings. The fraction of sp³-hybridized carbons (Fsp3) is 0.538. The minimum atomic E-state index is -0.407. The summed E-state index contributed by atoms with van der Waals surface area (Å²) < 4.78 is 5.75. The van der Waals surface area contributed by atoms with Gasteiger partial charge < -0.3 is 4.74 Å². The summed E-state index contributed by atoms with van der Waals surface area (Å²) in [5.74, 6) is 1.52. The van der Waals surface area contributed by atoms with Gasteiger partial charge in [-0.2, -0.15) is 12.6 Å². The van der Waals surface area contributed by atoms with E-state index in [4.69, 9.17) is 4.74 Å². The SMILES string of the molecule is O=[N+]([O-])c1ccc(OCC2(CS)CCCC2)cc1. The molecule has 1 aliphatic rings. The molecule has 1 saturated carbocycles. The number of thiol groups is 1. The predicted molar refractivity (Wildman–Crippen MR) is 73.3 cm³/mol. The monoisotopic (exact) mass is 267 g/mol. The zero-order valence-corrected chi connectivity index (χ0v) is 11.1. The molecule has 4 nitrogen and oxygen atoms in total. The molecule has 0 spiro atoms. The van der Waals surface area contributed by atoms with Crippen molar-refractivity contribution in [3.8, 4) is 5.75 Å². The molecule has 0 heterocycles. The lowest BCUT2D eigenvalue weighted by Crippen LogP contribution is -2.27. The molecule has 98 valence electrons. The molecule has 0 N–H and O–H groups in total. The molecule has 1 fully saturated rings. The van der Waals surface area contributed by atoms with Crippen molar-refractivity contribution in [3.05, 3.63) is 34.4 Å². The summed E-state index contributed by atoms with van der Waals surface area (Å²) in [5, 5.41) is 10.5. The predicted octanol–water partition coefficient (Wildman–Crippen LogP) is 3.46. The van der Waals surface area contributed by atoms with Gasteiger partial charge in [0, 0.05) is 17.5 Å². The highest BCUT2D eigenvalue weighted by atomic mass is 32.1. The second kappa shape index (κ2) is 5.61. The minimum absolute atomic E-state index is 0.0899. The Labute approximate surface area is 112 Å². The molecule has 2 rings (SSSR count). The number of hydrogen-bond donors (Lipinski definition) is 1. The first-order valence-electron chi connectivity index (χ1n) is 6.13. The van der Waals surface area contributed by atoms with Crippen LogP contribution in [0.25, 0.3) is 0 Å². The van der Waals surface area contributed by atoms with Crippen LogP contribution in [0, 0.1) is 15.5 Å². The van der Waals surface area contributed by atoms with Gasteiger partial charge in [-0.15, -0.1) is 0 Å². The van der Waals surface area contributed by atoms with Crippen LogP contribution in [0.5, 0.6) is 5.75 Å². The molecule has 0 unspecified atom stereocenters. The van der Waals surface area contributed by atoms with Crippen LogP contribution in [0.15, 0.2) is 24.3 Å². The number of nitro benzene ring substituents is 1. The molecule has 0 aromatic heterocycles. The molecule has 0 radical (unpaired) electrons. The summed E-state index contributed by atoms with van der Waals surface area (Å²) in [5.41, 5.74) is 0.275. The Bertz CT molecular complexity index is 413. The maximum atomic E-state index is 10.5. The second-order valence-corrected chi connectivity index (χ2v) is 5.22. The van der Waals surface area contributed by atoms with E-state index in [-0.39, 0.29) is 11.1 Å². The lowest BCUT2D eigenvalue weighted by atomic mass is 9.90. The smallest absolute Gasteiger partial charge is 0.269 e. The first-order valence-corrected chi connectivity index (χ1v) is 6.77. The van der Waals surface area contributed by atoms with Gasteiger partial charge in [-0.25, -0.2) is 0 Å². The van der Waals surface area contributed by atoms with Crippen molar-refractivity contribution in [2.75, 3.05) is 12.4 Å². The Hall–Kier alpha value is -1.23. The Morgan fingerprint density at radius 3 is 2.39 bits per heavy atom. The zero-order valence-electron chi connectivity index (χ0n) is 10.2. The highest BCUT2D eigenvalue weighted by molar-refractivity contribution is 7.80. The van der Waals surface area contributed by atoms with Crippen LogP contribution in [-0.4, -0.2) is 17.3 Å². The maximum absolute atomic E-state index is 10.5. The Balaban J connectivity index is 1.95. The highest BCUT2D eigenvalue weighted by Crippen LogP contribution is 2.39. The molecule has 0 aliphatic heterocycles. The van der Waals surface area contributed by atoms with E-state index in [0.717, 1.165) is 18.6 Å². The third kappa shape index (κ3) is 2.96. The number of non-ortho nitro benzene ring substituents is 1. The van der Waals surface area contributed by atoms with Crippen LogP contribution in [-0.2, 0) is 0 Å². The summed E-state index contributed by atoms with van der Waals surface area (Å²) in [6.45, 7) is 0.647. The van der Waals surface area contributed by atoms with E-state index in [1.54, 1.807) is 12.1 Å². The van der Waals surface area contributed by atoms with Gasteiger partial charge in [0.2, 0.25) is 0 Å². The summed E-state index contributed by atoms with van der Waals surface area (Å²) in [4.78, 5) is 10.1. The number of nitrogens with zero attached hydrogens (tertiary/aromatic N) is 1. The zero-order chi connectivity index (χ0) is 13.0. The number of nitro groups is 1. The molecule has 5 heteroatoms. The van der Waals surface area contributed by atoms with E-state index in [1.807, 2.05) is 0 Å². The Kier molecular flexibility index (Phi) is 4.11. The summed E-state index contributed by atoms with van der Waals surface area (Å²) in [7, 11) is 0. The average molecular weight is 267 g/mol. The third-order valence-corrected chi connectivity index (χ3v) is 4.26. The quantitative estimate of drug-likeness (QED) is 0.505. The van der Waals surface area contributed by atoms with Crippen molar-refractivity contribution in [3.63, 3.8) is 0 Å². The third-order valence-electron chi connectivity index (χ3n) is 3.59. The van der Waals surface area contributed by atoms with E-state index < -0.39 is 4.92 Å². The van der Waals surface area contributed by atoms with Crippen molar-refractivity contribution >= 4 is 18.3 Å². The van der Waals surface area contributed by atoms with Gasteiger partial charge in [0.05, 0.1) is 11.5 Å². The minimum Gasteiger partial charge on any atom is -0.493 e. The van der Waals surface area contributed by atoms with Crippen LogP contribution < -0.4 is 4.74 Å². The van der Waals surface area contributed by atoms with Gasteiger partial charge in [-0.1, -0.05) is 12.8 Å². The van der Waals surface area contributed by atoms with Gasteiger partial charge in [-0.3, -0.25) is 10.1 Å². The van der Waals surface area contributed by atoms with Crippen LogP contribution in [0.3, 0.4) is 0 Å². The molecule has 18 heavy (non-hydrogen) atoms. The van der Waals surface area contributed by atoms with Crippen LogP contribution >= 0.6 is 12.6 Å². The van der Waals surface area contributed by atoms with Gasteiger partial charge in [0.1, 0.15) is 5.75 Å². The van der Waals surface area contributed by atoms with Crippen molar-refractivity contribution in [1.82, 2.24) is 0 Å². The molecule has 0 atom stereocenters. The van der Waals surface area contributed by atoms with E-state index in [0.29, 0.717) is 12.4 Å². The van der Waals surface area contributed by atoms with E-state index in [2.05, 4.69) is 12.6 Å². The van der Waals surface area contributed by atoms with Crippen LogP contribution in [0.2, 0.25) is 0 Å². The fourth-order valence-corrected chi connectivity index (χ4v) is 2.78. The molecule has 1 aromatic carbocycles. The molecule has 0 saturated heterocycles. The van der Waals surface area contributed by atoms with Gasteiger partial charge in [0.25, 0.3) is 5.69 Å². The average Bonchev–Trinajstić information content (AvgIpc) is 2.86. The van der Waals surface area contributed by atoms with Gasteiger partial charge in [0.15, 0.2) is 0 Å². The highest BCUT2D eigenvalue weighted by Gasteiger charge is 2.33. The molecule has 1 aliphatic carbocycles. The molecular weight excluding hydrogens is 250 g/mol. The van der Waals surface area contributed by atoms with Crippen molar-refractivity contribution < 1.29 is 9.66 Å². The standard InChI is InChI=1S/C13H17NO3S/c15-14(16)11-3-5-12(6-4-11)17-9-13(10-18)7-1-2-8-13/h3-6,18H,1-2,7-10H2. The van der Waals surface area contributed by atoms with Crippen LogP contribution in [0.4, 0.5) is 5.69 Å². The maximum Gasteiger partial charge on any atom is 0.269 e. The Morgan fingerprint density at radius 2 is 1.89 bits per heavy atom. The normalized spacial score (nSPS) is 17.6. The number of hydrogen-bond acceptors (Lipinski definition) is 4. The van der Waals surface area contributed by atoms with Gasteiger partial charge in [-0.05, 0) is 30.7 Å². The molecule has 0 amide bonds. The summed E-state index contributed by atoms with van der Waals surface area (Å²) in [6.07, 6.45) is 4.79. The van der Waals surface area contributed by atoms with Crippen molar-refractivity contribution in [2.24, 2.45) is 5.41 Å². The number of ether oxygens (including phenoxy) is 1. The first-order chi connectivity index (χ1) is 8.65. The Morgan fingerprint density at radius 1 is 1.28 bits per heavy atom. The largest absolute Gasteiger partial charge is 0.493 e. The van der Waals surface area contributed by atoms with Crippen LogP contribution in [0.1, 0.15) is 25.7 Å². The summed E-state index contributed by atoms with van der Waals surface area (Å²) >= 11 is 4.42. The van der Waals surface area contributed by atoms with Crippen molar-refractivity contribution in [1.29, 1.82) is 0 Å². The lowest BCUT2D eigenvalue weighted by molar-refractivity contribution is -0.384. The van der Waals surface area contributed by atoms with Gasteiger partial charge >= 0.3 is 0 Å². The van der Waals surface area contributed by atoms with E-state index >= 15 is 0 Å². The topological polar surface area (TPSA) is 52.4 Å². The molecular formula is C13H17NO3S. The lowest BCUT2D eigenvalue weighted by Gasteiger charge is -2.26. The fourth-order valence-electron chi connectivity index (χ4n) is 2.37. The van der Waals surface area contributed by atoms with E-state index in [9.17, 15) is 10.1 Å². The number of rotatable bonds is 5. The summed E-state index contributed by atoms with van der Waals surface area (Å²) in [6, 6.07) is 6.24. The van der Waals surface area contributed by atoms with Crippen molar-refractivity contribution in [2.45, 2.75) is 25.7 Å². The number of benzene rings is 1. The molecule has 0 bridgehead atoms.